The highest BCUT2D eigenvalue weighted by molar-refractivity contribution is 5.98. The summed E-state index contributed by atoms with van der Waals surface area (Å²) in [4.78, 5) is 39.4. The molecule has 8 heteroatoms. The lowest BCUT2D eigenvalue weighted by molar-refractivity contribution is 0.311. The Morgan fingerprint density at radius 2 is 2.25 bits per heavy atom. The standard InChI is InChI=1S/C16H14N4O4/c1-3-10-7-12(21)23-15-13(10)14(22)18-16(19-15)24-20-9(2)11-5-4-6-17-8-11/h4-8H,3H2,1-2H3,(H,18,19,22). The molecule has 0 unspecified atom stereocenters. The van der Waals surface area contributed by atoms with Gasteiger partial charge in [0, 0.05) is 24.0 Å². The summed E-state index contributed by atoms with van der Waals surface area (Å²) in [6, 6.07) is 4.71. The first kappa shape index (κ1) is 15.6. The van der Waals surface area contributed by atoms with E-state index in [0.29, 0.717) is 17.7 Å². The van der Waals surface area contributed by atoms with Crippen LogP contribution in [0.1, 0.15) is 25.0 Å². The number of aromatic nitrogens is 3. The second-order valence-corrected chi connectivity index (χ2v) is 5.01. The van der Waals surface area contributed by atoms with Crippen molar-refractivity contribution >= 4 is 16.8 Å². The molecule has 0 bridgehead atoms. The number of rotatable bonds is 4. The Hall–Kier alpha value is -3.29. The number of H-pyrrole nitrogens is 1. The summed E-state index contributed by atoms with van der Waals surface area (Å²) >= 11 is 0. The molecule has 0 saturated heterocycles. The molecule has 122 valence electrons. The fraction of sp³-hybridized carbons (Fsp3) is 0.188. The highest BCUT2D eigenvalue weighted by Crippen LogP contribution is 2.13. The van der Waals surface area contributed by atoms with Gasteiger partial charge in [-0.2, -0.15) is 4.98 Å². The van der Waals surface area contributed by atoms with Crippen molar-refractivity contribution in [3.05, 3.63) is 62.5 Å². The molecule has 24 heavy (non-hydrogen) atoms. The van der Waals surface area contributed by atoms with Crippen LogP contribution in [-0.4, -0.2) is 20.7 Å². The lowest BCUT2D eigenvalue weighted by Crippen LogP contribution is -2.14. The number of oxime groups is 1. The van der Waals surface area contributed by atoms with Crippen LogP contribution in [0.3, 0.4) is 0 Å². The van der Waals surface area contributed by atoms with E-state index in [1.165, 1.54) is 6.07 Å². The van der Waals surface area contributed by atoms with Gasteiger partial charge in [0.1, 0.15) is 5.39 Å². The molecule has 0 aliphatic carbocycles. The predicted octanol–water partition coefficient (Wildman–Crippen LogP) is 1.64. The number of hydrogen-bond donors (Lipinski definition) is 1. The van der Waals surface area contributed by atoms with Gasteiger partial charge in [-0.25, -0.2) is 4.79 Å². The average molecular weight is 326 g/mol. The Kier molecular flexibility index (Phi) is 4.19. The van der Waals surface area contributed by atoms with Crippen LogP contribution >= 0.6 is 0 Å². The molecule has 3 aromatic rings. The minimum absolute atomic E-state index is 0.0765. The van der Waals surface area contributed by atoms with Gasteiger partial charge in [-0.3, -0.25) is 14.8 Å². The van der Waals surface area contributed by atoms with Crippen LogP contribution in [0.25, 0.3) is 11.1 Å². The van der Waals surface area contributed by atoms with E-state index < -0.39 is 11.2 Å². The van der Waals surface area contributed by atoms with Crippen molar-refractivity contribution < 1.29 is 9.25 Å². The van der Waals surface area contributed by atoms with Crippen LogP contribution in [0.2, 0.25) is 0 Å². The molecule has 0 amide bonds. The lowest BCUT2D eigenvalue weighted by Gasteiger charge is -2.03. The third-order valence-corrected chi connectivity index (χ3v) is 3.40. The maximum atomic E-state index is 12.2. The Balaban J connectivity index is 2.00. The monoisotopic (exact) mass is 326 g/mol. The third-order valence-electron chi connectivity index (χ3n) is 3.40. The summed E-state index contributed by atoms with van der Waals surface area (Å²) in [7, 11) is 0. The summed E-state index contributed by atoms with van der Waals surface area (Å²) in [5, 5.41) is 4.14. The van der Waals surface area contributed by atoms with Gasteiger partial charge in [-0.15, -0.1) is 0 Å². The van der Waals surface area contributed by atoms with Crippen molar-refractivity contribution in [3.63, 3.8) is 0 Å². The molecule has 0 aliphatic heterocycles. The Labute approximate surface area is 135 Å². The van der Waals surface area contributed by atoms with E-state index in [1.807, 2.05) is 13.0 Å². The van der Waals surface area contributed by atoms with Gasteiger partial charge in [-0.1, -0.05) is 12.1 Å². The highest BCUT2D eigenvalue weighted by Gasteiger charge is 2.12. The molecule has 3 rings (SSSR count). The molecule has 0 atom stereocenters. The molecule has 0 spiro atoms. The van der Waals surface area contributed by atoms with E-state index in [0.717, 1.165) is 5.56 Å². The smallest absolute Gasteiger partial charge is 0.337 e. The largest absolute Gasteiger partial charge is 0.403 e. The van der Waals surface area contributed by atoms with E-state index in [2.05, 4.69) is 20.1 Å². The van der Waals surface area contributed by atoms with Crippen molar-refractivity contribution in [1.82, 2.24) is 15.0 Å². The average Bonchev–Trinajstić information content (AvgIpc) is 2.59. The molecule has 0 saturated carbocycles. The normalized spacial score (nSPS) is 11.7. The Morgan fingerprint density at radius 1 is 1.42 bits per heavy atom. The SMILES string of the molecule is CCc1cc(=O)oc2nc(ON=C(C)c3cccnc3)[nH]c(=O)c12. The van der Waals surface area contributed by atoms with E-state index in [-0.39, 0.29) is 17.1 Å². The van der Waals surface area contributed by atoms with Crippen molar-refractivity contribution in [2.45, 2.75) is 20.3 Å². The highest BCUT2D eigenvalue weighted by atomic mass is 16.6. The van der Waals surface area contributed by atoms with E-state index in [9.17, 15) is 9.59 Å². The molecule has 0 aromatic carbocycles. The zero-order valence-electron chi connectivity index (χ0n) is 13.1. The van der Waals surface area contributed by atoms with Crippen molar-refractivity contribution in [1.29, 1.82) is 0 Å². The number of hydrogen-bond acceptors (Lipinski definition) is 7. The first-order valence-electron chi connectivity index (χ1n) is 7.27. The summed E-state index contributed by atoms with van der Waals surface area (Å²) in [5.74, 6) is 0. The zero-order valence-corrected chi connectivity index (χ0v) is 13.1. The first-order chi connectivity index (χ1) is 11.6. The summed E-state index contributed by atoms with van der Waals surface area (Å²) < 4.78 is 4.99. The number of pyridine rings is 1. The molecule has 8 nitrogen and oxygen atoms in total. The second kappa shape index (κ2) is 6.45. The number of fused-ring (bicyclic) bond motifs is 1. The molecular weight excluding hydrogens is 312 g/mol. The van der Waals surface area contributed by atoms with E-state index in [1.54, 1.807) is 25.4 Å². The first-order valence-corrected chi connectivity index (χ1v) is 7.27. The van der Waals surface area contributed by atoms with Gasteiger partial charge < -0.3 is 9.25 Å². The van der Waals surface area contributed by atoms with Gasteiger partial charge >= 0.3 is 11.6 Å². The van der Waals surface area contributed by atoms with Gasteiger partial charge in [0.2, 0.25) is 5.71 Å². The maximum absolute atomic E-state index is 12.2. The van der Waals surface area contributed by atoms with Crippen LogP contribution in [0.15, 0.2) is 49.8 Å². The zero-order chi connectivity index (χ0) is 17.1. The quantitative estimate of drug-likeness (QED) is 0.576. The Morgan fingerprint density at radius 3 is 2.96 bits per heavy atom. The molecular formula is C16H14N4O4. The van der Waals surface area contributed by atoms with Crippen molar-refractivity contribution in [2.24, 2.45) is 5.16 Å². The van der Waals surface area contributed by atoms with E-state index in [4.69, 9.17) is 9.25 Å². The number of nitrogens with one attached hydrogen (secondary N) is 1. The van der Waals surface area contributed by atoms with Crippen LogP contribution in [0.5, 0.6) is 6.01 Å². The van der Waals surface area contributed by atoms with Crippen LogP contribution in [-0.2, 0) is 6.42 Å². The third kappa shape index (κ3) is 3.07. The Bertz CT molecular complexity index is 1020. The molecule has 0 fully saturated rings. The number of aromatic amines is 1. The molecule has 1 N–H and O–H groups in total. The van der Waals surface area contributed by atoms with Crippen LogP contribution in [0, 0.1) is 0 Å². The van der Waals surface area contributed by atoms with Crippen molar-refractivity contribution in [2.75, 3.05) is 0 Å². The minimum atomic E-state index is -0.571. The number of nitrogens with zero attached hydrogens (tertiary/aromatic N) is 3. The minimum Gasteiger partial charge on any atom is -0.403 e. The fourth-order valence-electron chi connectivity index (χ4n) is 2.19. The second-order valence-electron chi connectivity index (χ2n) is 5.01. The fourth-order valence-corrected chi connectivity index (χ4v) is 2.19. The molecule has 3 heterocycles. The molecule has 3 aromatic heterocycles. The van der Waals surface area contributed by atoms with Gasteiger partial charge in [0.15, 0.2) is 0 Å². The van der Waals surface area contributed by atoms with Crippen LogP contribution in [0.4, 0.5) is 0 Å². The number of aryl methyl sites for hydroxylation is 1. The predicted molar refractivity (Wildman–Crippen MR) is 87.4 cm³/mol. The summed E-state index contributed by atoms with van der Waals surface area (Å²) in [6.45, 7) is 3.56. The topological polar surface area (TPSA) is 110 Å². The van der Waals surface area contributed by atoms with Crippen LogP contribution < -0.4 is 16.0 Å². The van der Waals surface area contributed by atoms with Gasteiger partial charge in [-0.05, 0) is 31.0 Å². The van der Waals surface area contributed by atoms with Gasteiger partial charge in [0.25, 0.3) is 5.56 Å². The van der Waals surface area contributed by atoms with E-state index >= 15 is 0 Å². The molecule has 0 radical (unpaired) electrons. The maximum Gasteiger partial charge on any atom is 0.337 e. The van der Waals surface area contributed by atoms with Crippen molar-refractivity contribution in [3.8, 4) is 6.01 Å². The lowest BCUT2D eigenvalue weighted by atomic mass is 10.1. The molecule has 0 aliphatic rings. The summed E-state index contributed by atoms with van der Waals surface area (Å²) in [6.07, 6.45) is 3.78. The van der Waals surface area contributed by atoms with Gasteiger partial charge in [0.05, 0.1) is 5.71 Å². The summed E-state index contributed by atoms with van der Waals surface area (Å²) in [5.41, 5.74) is 0.780.